The molecule has 0 atom stereocenters. The van der Waals surface area contributed by atoms with Gasteiger partial charge in [-0.05, 0) is 42.5 Å². The van der Waals surface area contributed by atoms with Crippen LogP contribution in [-0.4, -0.2) is 45.8 Å². The maximum atomic E-state index is 12.2. The van der Waals surface area contributed by atoms with E-state index >= 15 is 0 Å². The van der Waals surface area contributed by atoms with Gasteiger partial charge in [0.1, 0.15) is 0 Å². The van der Waals surface area contributed by atoms with Crippen molar-refractivity contribution in [1.82, 2.24) is 10.6 Å². The maximum Gasteiger partial charge on any atom is 0.321 e. The predicted octanol–water partition coefficient (Wildman–Crippen LogP) is 2.01. The number of nitrogens with one attached hydrogen (secondary N) is 2. The summed E-state index contributed by atoms with van der Waals surface area (Å²) in [7, 11) is 3.06. The van der Waals surface area contributed by atoms with Crippen LogP contribution in [0, 0.1) is 11.8 Å². The van der Waals surface area contributed by atoms with Gasteiger partial charge in [-0.25, -0.2) is 4.79 Å². The van der Waals surface area contributed by atoms with Crippen molar-refractivity contribution in [1.29, 1.82) is 0 Å². The van der Waals surface area contributed by atoms with Crippen molar-refractivity contribution in [3.8, 4) is 23.3 Å². The van der Waals surface area contributed by atoms with E-state index in [1.54, 1.807) is 30.2 Å². The number of benzene rings is 2. The molecule has 3 rings (SSSR count). The average Bonchev–Trinajstić information content (AvgIpc) is 3.16. The van der Waals surface area contributed by atoms with Crippen LogP contribution in [0.2, 0.25) is 0 Å². The van der Waals surface area contributed by atoms with E-state index in [4.69, 9.17) is 9.47 Å². The number of carbonyl (C=O) groups is 2. The molecular weight excluding hydrogens is 358 g/mol. The molecule has 1 aliphatic rings. The molecule has 0 saturated carbocycles. The fraction of sp³-hybridized carbons (Fsp3) is 0.238. The fourth-order valence-electron chi connectivity index (χ4n) is 2.79. The van der Waals surface area contributed by atoms with Gasteiger partial charge in [-0.15, -0.1) is 0 Å². The molecule has 3 amide bonds. The molecule has 7 heteroatoms. The highest BCUT2D eigenvalue weighted by atomic mass is 16.5. The minimum absolute atomic E-state index is 0.0864. The van der Waals surface area contributed by atoms with Gasteiger partial charge in [0.2, 0.25) is 0 Å². The third-order valence-corrected chi connectivity index (χ3v) is 4.25. The Morgan fingerprint density at radius 3 is 2.54 bits per heavy atom. The molecule has 7 nitrogen and oxygen atoms in total. The number of carbonyl (C=O) groups excluding carboxylic acids is 2. The van der Waals surface area contributed by atoms with Crippen molar-refractivity contribution < 1.29 is 19.1 Å². The molecule has 1 saturated heterocycles. The summed E-state index contributed by atoms with van der Waals surface area (Å²) in [5, 5.41) is 5.52. The predicted molar refractivity (Wildman–Crippen MR) is 106 cm³/mol. The minimum atomic E-state index is -0.245. The SMILES string of the molecule is COc1ccc(C(=O)NCC#Cc2ccc(N3CCNC3=O)cc2)cc1OC. The van der Waals surface area contributed by atoms with Gasteiger partial charge in [0.25, 0.3) is 5.91 Å². The molecule has 0 radical (unpaired) electrons. The standard InChI is InChI=1S/C21H21N3O4/c1-27-18-10-7-16(14-19(18)28-2)20(25)22-11-3-4-15-5-8-17(9-6-15)24-13-12-23-21(24)26/h5-10,14H,11-13H2,1-2H3,(H,22,25)(H,23,26). The third kappa shape index (κ3) is 4.35. The second-order valence-corrected chi connectivity index (χ2v) is 5.98. The molecule has 0 aliphatic carbocycles. The molecule has 0 spiro atoms. The van der Waals surface area contributed by atoms with E-state index in [0.717, 1.165) is 11.3 Å². The van der Waals surface area contributed by atoms with Crippen LogP contribution in [0.5, 0.6) is 11.5 Å². The molecule has 0 unspecified atom stereocenters. The zero-order chi connectivity index (χ0) is 19.9. The van der Waals surface area contributed by atoms with Gasteiger partial charge < -0.3 is 20.1 Å². The van der Waals surface area contributed by atoms with Gasteiger partial charge in [-0.3, -0.25) is 9.69 Å². The first kappa shape index (κ1) is 19.1. The number of anilines is 1. The molecule has 1 fully saturated rings. The molecule has 28 heavy (non-hydrogen) atoms. The highest BCUT2D eigenvalue weighted by Gasteiger charge is 2.20. The van der Waals surface area contributed by atoms with Crippen LogP contribution in [0.4, 0.5) is 10.5 Å². The molecule has 0 bridgehead atoms. The van der Waals surface area contributed by atoms with Crippen LogP contribution in [0.1, 0.15) is 15.9 Å². The van der Waals surface area contributed by atoms with Crippen LogP contribution in [0.15, 0.2) is 42.5 Å². The lowest BCUT2D eigenvalue weighted by molar-refractivity contribution is 0.0958. The molecule has 0 aromatic heterocycles. The smallest absolute Gasteiger partial charge is 0.321 e. The maximum absolute atomic E-state index is 12.2. The van der Waals surface area contributed by atoms with Crippen molar-refractivity contribution in [2.24, 2.45) is 0 Å². The van der Waals surface area contributed by atoms with Gasteiger partial charge in [0.05, 0.1) is 20.8 Å². The van der Waals surface area contributed by atoms with Crippen LogP contribution in [-0.2, 0) is 0 Å². The number of urea groups is 1. The van der Waals surface area contributed by atoms with Gasteiger partial charge in [-0.1, -0.05) is 11.8 Å². The van der Waals surface area contributed by atoms with E-state index in [2.05, 4.69) is 22.5 Å². The lowest BCUT2D eigenvalue weighted by Gasteiger charge is -2.13. The summed E-state index contributed by atoms with van der Waals surface area (Å²) in [5.74, 6) is 6.73. The normalized spacial score (nSPS) is 12.6. The summed E-state index contributed by atoms with van der Waals surface area (Å²) in [5.41, 5.74) is 2.11. The Morgan fingerprint density at radius 1 is 1.14 bits per heavy atom. The third-order valence-electron chi connectivity index (χ3n) is 4.25. The lowest BCUT2D eigenvalue weighted by atomic mass is 10.2. The Labute approximate surface area is 163 Å². The van der Waals surface area contributed by atoms with E-state index < -0.39 is 0 Å². The highest BCUT2D eigenvalue weighted by Crippen LogP contribution is 2.27. The van der Waals surface area contributed by atoms with Gasteiger partial charge in [-0.2, -0.15) is 0 Å². The Kier molecular flexibility index (Phi) is 6.02. The number of methoxy groups -OCH3 is 2. The second kappa shape index (κ2) is 8.82. The quantitative estimate of drug-likeness (QED) is 0.779. The number of amides is 3. The summed E-state index contributed by atoms with van der Waals surface area (Å²) in [4.78, 5) is 25.6. The van der Waals surface area contributed by atoms with Crippen LogP contribution in [0.25, 0.3) is 0 Å². The monoisotopic (exact) mass is 379 g/mol. The zero-order valence-electron chi connectivity index (χ0n) is 15.7. The van der Waals surface area contributed by atoms with Crippen molar-refractivity contribution >= 4 is 17.6 Å². The first-order chi connectivity index (χ1) is 13.6. The van der Waals surface area contributed by atoms with Crippen molar-refractivity contribution in [2.45, 2.75) is 0 Å². The molecule has 144 valence electrons. The first-order valence-corrected chi connectivity index (χ1v) is 8.77. The van der Waals surface area contributed by atoms with Crippen molar-refractivity contribution in [2.75, 3.05) is 38.8 Å². The Morgan fingerprint density at radius 2 is 1.89 bits per heavy atom. The summed E-state index contributed by atoms with van der Waals surface area (Å²) in [6.45, 7) is 1.52. The van der Waals surface area contributed by atoms with Crippen LogP contribution >= 0.6 is 0 Å². The van der Waals surface area contributed by atoms with Gasteiger partial charge in [0.15, 0.2) is 11.5 Å². The largest absolute Gasteiger partial charge is 0.493 e. The molecule has 2 aromatic carbocycles. The number of nitrogens with zero attached hydrogens (tertiary/aromatic N) is 1. The Bertz CT molecular complexity index is 929. The number of hydrogen-bond acceptors (Lipinski definition) is 4. The number of hydrogen-bond donors (Lipinski definition) is 2. The molecule has 1 aliphatic heterocycles. The average molecular weight is 379 g/mol. The Hall–Kier alpha value is -3.66. The summed E-state index contributed by atoms with van der Waals surface area (Å²) < 4.78 is 10.4. The van der Waals surface area contributed by atoms with E-state index in [1.165, 1.54) is 7.11 Å². The fourth-order valence-corrected chi connectivity index (χ4v) is 2.79. The van der Waals surface area contributed by atoms with E-state index in [0.29, 0.717) is 30.2 Å². The van der Waals surface area contributed by atoms with E-state index in [1.807, 2.05) is 24.3 Å². The molecular formula is C21H21N3O4. The highest BCUT2D eigenvalue weighted by molar-refractivity contribution is 5.95. The molecule has 2 N–H and O–H groups in total. The second-order valence-electron chi connectivity index (χ2n) is 5.98. The van der Waals surface area contributed by atoms with Gasteiger partial charge in [0, 0.05) is 29.9 Å². The van der Waals surface area contributed by atoms with Crippen molar-refractivity contribution in [3.05, 3.63) is 53.6 Å². The lowest BCUT2D eigenvalue weighted by Crippen LogP contribution is -2.27. The van der Waals surface area contributed by atoms with Crippen LogP contribution < -0.4 is 25.0 Å². The first-order valence-electron chi connectivity index (χ1n) is 8.77. The number of rotatable bonds is 5. The zero-order valence-corrected chi connectivity index (χ0v) is 15.7. The molecule has 2 aromatic rings. The summed E-state index contributed by atoms with van der Waals surface area (Å²) >= 11 is 0. The van der Waals surface area contributed by atoms with E-state index in [-0.39, 0.29) is 18.5 Å². The van der Waals surface area contributed by atoms with Crippen molar-refractivity contribution in [3.63, 3.8) is 0 Å². The Balaban J connectivity index is 1.56. The summed E-state index contributed by atoms with van der Waals surface area (Å²) in [6.07, 6.45) is 0. The minimum Gasteiger partial charge on any atom is -0.493 e. The van der Waals surface area contributed by atoms with Gasteiger partial charge >= 0.3 is 6.03 Å². The molecule has 1 heterocycles. The summed E-state index contributed by atoms with van der Waals surface area (Å²) in [6, 6.07) is 12.3. The number of ether oxygens (including phenoxy) is 2. The topological polar surface area (TPSA) is 79.9 Å². The van der Waals surface area contributed by atoms with E-state index in [9.17, 15) is 9.59 Å². The van der Waals surface area contributed by atoms with Crippen LogP contribution in [0.3, 0.4) is 0 Å².